The van der Waals surface area contributed by atoms with E-state index in [1.54, 1.807) is 14.2 Å². The lowest BCUT2D eigenvalue weighted by Crippen LogP contribution is -2.07. The molecule has 0 amide bonds. The minimum atomic E-state index is 0.215. The highest BCUT2D eigenvalue weighted by molar-refractivity contribution is 5.54. The highest BCUT2D eigenvalue weighted by Crippen LogP contribution is 2.14. The molecule has 172 valence electrons. The summed E-state index contributed by atoms with van der Waals surface area (Å²) in [4.78, 5) is 0. The Bertz CT molecular complexity index is 740. The van der Waals surface area contributed by atoms with Crippen LogP contribution in [0.25, 0.3) is 12.2 Å². The van der Waals surface area contributed by atoms with Gasteiger partial charge in [-0.15, -0.1) is 0 Å². The van der Waals surface area contributed by atoms with Crippen molar-refractivity contribution in [3.63, 3.8) is 0 Å². The Hall–Kier alpha value is -2.90. The number of methoxy groups -OCH3 is 2. The molecule has 2 aromatic rings. The van der Waals surface area contributed by atoms with Crippen LogP contribution in [0.2, 0.25) is 0 Å². The maximum Gasteiger partial charge on any atom is 0.189 e. The van der Waals surface area contributed by atoms with Gasteiger partial charge in [0.2, 0.25) is 0 Å². The zero-order chi connectivity index (χ0) is 22.7. The minimum absolute atomic E-state index is 0.215. The molecule has 0 aliphatic rings. The van der Waals surface area contributed by atoms with Gasteiger partial charge in [-0.2, -0.15) is 0 Å². The number of rotatable bonds is 16. The van der Waals surface area contributed by atoms with Crippen molar-refractivity contribution in [3.8, 4) is 11.5 Å². The van der Waals surface area contributed by atoms with E-state index in [-0.39, 0.29) is 13.6 Å². The molecule has 0 unspecified atom stereocenters. The van der Waals surface area contributed by atoms with Gasteiger partial charge in [0.15, 0.2) is 13.6 Å². The number of hydrogen-bond acceptors (Lipinski definition) is 6. The van der Waals surface area contributed by atoms with E-state index in [0.717, 1.165) is 22.6 Å². The highest BCUT2D eigenvalue weighted by Gasteiger charge is 1.95. The third-order valence-corrected chi connectivity index (χ3v) is 4.15. The molecule has 0 radical (unpaired) electrons. The SMILES string of the molecule is COCCOCOc1ccc(/C=C/C=C/C=C/c2ccc(OCOCCOC)cc2)cc1. The van der Waals surface area contributed by atoms with Gasteiger partial charge in [0.05, 0.1) is 26.4 Å². The van der Waals surface area contributed by atoms with E-state index in [0.29, 0.717) is 26.4 Å². The third kappa shape index (κ3) is 11.5. The Balaban J connectivity index is 1.67. The molecular weight excluding hydrogens is 408 g/mol. The first-order chi connectivity index (χ1) is 15.8. The Labute approximate surface area is 190 Å². The molecule has 0 aliphatic carbocycles. The number of allylic oxidation sites excluding steroid dienone is 4. The van der Waals surface area contributed by atoms with Crippen molar-refractivity contribution in [3.05, 3.63) is 84.0 Å². The lowest BCUT2D eigenvalue weighted by atomic mass is 10.2. The highest BCUT2D eigenvalue weighted by atomic mass is 16.7. The summed E-state index contributed by atoms with van der Waals surface area (Å²) in [5.41, 5.74) is 2.18. The van der Waals surface area contributed by atoms with Crippen LogP contribution in [0.15, 0.2) is 72.8 Å². The van der Waals surface area contributed by atoms with Gasteiger partial charge in [-0.3, -0.25) is 0 Å². The molecule has 0 fully saturated rings. The fraction of sp³-hybridized carbons (Fsp3) is 0.308. The monoisotopic (exact) mass is 440 g/mol. The smallest absolute Gasteiger partial charge is 0.189 e. The zero-order valence-corrected chi connectivity index (χ0v) is 18.8. The molecule has 0 aliphatic heterocycles. The van der Waals surface area contributed by atoms with Gasteiger partial charge in [0, 0.05) is 14.2 Å². The van der Waals surface area contributed by atoms with Crippen molar-refractivity contribution in [1.82, 2.24) is 0 Å². The van der Waals surface area contributed by atoms with Crippen molar-refractivity contribution >= 4 is 12.2 Å². The van der Waals surface area contributed by atoms with Crippen molar-refractivity contribution in [2.45, 2.75) is 0 Å². The Morgan fingerprint density at radius 3 is 1.31 bits per heavy atom. The normalized spacial score (nSPS) is 11.7. The van der Waals surface area contributed by atoms with E-state index in [1.807, 2.05) is 85.0 Å². The van der Waals surface area contributed by atoms with E-state index < -0.39 is 0 Å². The van der Waals surface area contributed by atoms with Crippen LogP contribution < -0.4 is 9.47 Å². The summed E-state index contributed by atoms with van der Waals surface area (Å²) in [6.07, 6.45) is 12.0. The van der Waals surface area contributed by atoms with Gasteiger partial charge in [0.25, 0.3) is 0 Å². The van der Waals surface area contributed by atoms with Gasteiger partial charge < -0.3 is 28.4 Å². The largest absolute Gasteiger partial charge is 0.468 e. The predicted octanol–water partition coefficient (Wildman–Crippen LogP) is 4.97. The van der Waals surface area contributed by atoms with Crippen molar-refractivity contribution in [2.75, 3.05) is 54.2 Å². The van der Waals surface area contributed by atoms with Crippen LogP contribution in [-0.2, 0) is 18.9 Å². The van der Waals surface area contributed by atoms with Crippen molar-refractivity contribution in [2.24, 2.45) is 0 Å². The zero-order valence-electron chi connectivity index (χ0n) is 18.8. The maximum atomic E-state index is 5.50. The standard InChI is InChI=1S/C26H32O6/c1-27-17-19-29-21-31-25-13-9-23(10-14-25)7-5-3-4-6-8-24-11-15-26(16-12-24)32-22-30-20-18-28-2/h3-16H,17-22H2,1-2H3/b4-3+,7-5+,8-6+. The topological polar surface area (TPSA) is 55.4 Å². The molecule has 0 saturated carbocycles. The van der Waals surface area contributed by atoms with E-state index in [4.69, 9.17) is 28.4 Å². The van der Waals surface area contributed by atoms with Crippen LogP contribution in [0.3, 0.4) is 0 Å². The Morgan fingerprint density at radius 1 is 0.531 bits per heavy atom. The number of ether oxygens (including phenoxy) is 6. The Kier molecular flexibility index (Phi) is 13.3. The lowest BCUT2D eigenvalue weighted by Gasteiger charge is -2.06. The lowest BCUT2D eigenvalue weighted by molar-refractivity contribution is -0.00857. The first-order valence-corrected chi connectivity index (χ1v) is 10.4. The van der Waals surface area contributed by atoms with E-state index in [1.165, 1.54) is 0 Å². The molecule has 0 aromatic heterocycles. The molecule has 32 heavy (non-hydrogen) atoms. The van der Waals surface area contributed by atoms with Crippen LogP contribution in [0.1, 0.15) is 11.1 Å². The second kappa shape index (κ2) is 16.8. The molecule has 0 heterocycles. The van der Waals surface area contributed by atoms with Crippen LogP contribution in [-0.4, -0.2) is 54.2 Å². The fourth-order valence-electron chi connectivity index (χ4n) is 2.43. The first-order valence-electron chi connectivity index (χ1n) is 10.4. The third-order valence-electron chi connectivity index (χ3n) is 4.15. The molecule has 2 rings (SSSR count). The summed E-state index contributed by atoms with van der Waals surface area (Å²) in [6.45, 7) is 2.58. The summed E-state index contributed by atoms with van der Waals surface area (Å²) in [6, 6.07) is 15.7. The van der Waals surface area contributed by atoms with Crippen LogP contribution in [0, 0.1) is 0 Å². The number of benzene rings is 2. The second-order valence-electron chi connectivity index (χ2n) is 6.57. The second-order valence-corrected chi connectivity index (χ2v) is 6.57. The summed E-state index contributed by atoms with van der Waals surface area (Å²) >= 11 is 0. The molecule has 0 N–H and O–H groups in total. The molecule has 6 heteroatoms. The quantitative estimate of drug-likeness (QED) is 0.209. The fourth-order valence-corrected chi connectivity index (χ4v) is 2.43. The molecule has 0 saturated heterocycles. The molecule has 0 atom stereocenters. The summed E-state index contributed by atoms with van der Waals surface area (Å²) < 4.78 is 31.4. The average Bonchev–Trinajstić information content (AvgIpc) is 2.83. The van der Waals surface area contributed by atoms with Gasteiger partial charge in [-0.05, 0) is 35.4 Å². The van der Waals surface area contributed by atoms with E-state index in [2.05, 4.69) is 0 Å². The van der Waals surface area contributed by atoms with E-state index in [9.17, 15) is 0 Å². The van der Waals surface area contributed by atoms with Crippen molar-refractivity contribution in [1.29, 1.82) is 0 Å². The van der Waals surface area contributed by atoms with Gasteiger partial charge in [0.1, 0.15) is 11.5 Å². The maximum absolute atomic E-state index is 5.50. The van der Waals surface area contributed by atoms with Gasteiger partial charge >= 0.3 is 0 Å². The molecule has 0 spiro atoms. The minimum Gasteiger partial charge on any atom is -0.468 e. The van der Waals surface area contributed by atoms with Gasteiger partial charge in [-0.1, -0.05) is 60.7 Å². The molecule has 6 nitrogen and oxygen atoms in total. The average molecular weight is 441 g/mol. The Morgan fingerprint density at radius 2 is 0.938 bits per heavy atom. The molecular formula is C26H32O6. The summed E-state index contributed by atoms with van der Waals surface area (Å²) in [5.74, 6) is 1.54. The van der Waals surface area contributed by atoms with Gasteiger partial charge in [-0.25, -0.2) is 0 Å². The molecule has 0 bridgehead atoms. The van der Waals surface area contributed by atoms with Crippen molar-refractivity contribution < 1.29 is 28.4 Å². The predicted molar refractivity (Wildman–Crippen MR) is 127 cm³/mol. The van der Waals surface area contributed by atoms with Crippen LogP contribution >= 0.6 is 0 Å². The van der Waals surface area contributed by atoms with Crippen LogP contribution in [0.5, 0.6) is 11.5 Å². The summed E-state index contributed by atoms with van der Waals surface area (Å²) in [5, 5.41) is 0. The molecule has 2 aromatic carbocycles. The first kappa shape index (κ1) is 25.4. The van der Waals surface area contributed by atoms with Crippen LogP contribution in [0.4, 0.5) is 0 Å². The number of hydrogen-bond donors (Lipinski definition) is 0. The summed E-state index contributed by atoms with van der Waals surface area (Å²) in [7, 11) is 3.28. The van der Waals surface area contributed by atoms with E-state index >= 15 is 0 Å².